The molecule has 0 heterocycles. The van der Waals surface area contributed by atoms with Gasteiger partial charge in [-0.2, -0.15) is 0 Å². The Labute approximate surface area is 136 Å². The molecule has 1 aliphatic rings. The van der Waals surface area contributed by atoms with E-state index in [1.807, 2.05) is 0 Å². The Bertz CT molecular complexity index is 448. The Morgan fingerprint density at radius 3 is 2.09 bits per heavy atom. The van der Waals surface area contributed by atoms with Crippen LogP contribution in [0.3, 0.4) is 0 Å². The van der Waals surface area contributed by atoms with Gasteiger partial charge in [0.2, 0.25) is 0 Å². The van der Waals surface area contributed by atoms with Gasteiger partial charge in [0, 0.05) is 0 Å². The molecule has 1 saturated carbocycles. The summed E-state index contributed by atoms with van der Waals surface area (Å²) in [6.07, 6.45) is 4.17. The highest BCUT2D eigenvalue weighted by Crippen LogP contribution is 2.32. The molecule has 0 spiro atoms. The molecule has 0 amide bonds. The summed E-state index contributed by atoms with van der Waals surface area (Å²) in [4.78, 5) is 0. The molecule has 0 aliphatic heterocycles. The van der Waals surface area contributed by atoms with Crippen LogP contribution in [0.25, 0.3) is 0 Å². The van der Waals surface area contributed by atoms with Crippen LogP contribution >= 0.6 is 0 Å². The van der Waals surface area contributed by atoms with Crippen molar-refractivity contribution < 1.29 is 22.6 Å². The van der Waals surface area contributed by atoms with E-state index in [-0.39, 0.29) is 5.75 Å². The first-order valence-corrected chi connectivity index (χ1v) is 8.45. The van der Waals surface area contributed by atoms with Gasteiger partial charge in [-0.05, 0) is 48.9 Å². The van der Waals surface area contributed by atoms with E-state index in [1.165, 1.54) is 69.2 Å². The minimum absolute atomic E-state index is 0.221. The Kier molecular flexibility index (Phi) is 6.60. The SMILES string of the molecule is CCCCC1CCC(COc2ccc(OC(F)(F)F)cc2)CC1. The summed E-state index contributed by atoms with van der Waals surface area (Å²) in [6.45, 7) is 2.87. The zero-order valence-electron chi connectivity index (χ0n) is 13.6. The van der Waals surface area contributed by atoms with Crippen molar-refractivity contribution >= 4 is 0 Å². The van der Waals surface area contributed by atoms with E-state index in [0.29, 0.717) is 18.3 Å². The highest BCUT2D eigenvalue weighted by molar-refractivity contribution is 5.31. The average molecular weight is 330 g/mol. The Hall–Kier alpha value is -1.39. The van der Waals surface area contributed by atoms with Crippen molar-refractivity contribution in [1.29, 1.82) is 0 Å². The molecule has 0 bridgehead atoms. The minimum Gasteiger partial charge on any atom is -0.493 e. The molecule has 2 rings (SSSR count). The van der Waals surface area contributed by atoms with Crippen LogP contribution < -0.4 is 9.47 Å². The molecule has 1 aliphatic carbocycles. The Morgan fingerprint density at radius 2 is 1.52 bits per heavy atom. The fourth-order valence-corrected chi connectivity index (χ4v) is 3.13. The van der Waals surface area contributed by atoms with Gasteiger partial charge in [0.05, 0.1) is 6.61 Å². The van der Waals surface area contributed by atoms with Gasteiger partial charge in [0.25, 0.3) is 0 Å². The number of alkyl halides is 3. The second kappa shape index (κ2) is 8.46. The molecule has 1 aromatic rings. The number of hydrogen-bond donors (Lipinski definition) is 0. The van der Waals surface area contributed by atoms with E-state index in [9.17, 15) is 13.2 Å². The maximum atomic E-state index is 12.1. The summed E-state index contributed by atoms with van der Waals surface area (Å²) in [5.41, 5.74) is 0. The molecule has 1 fully saturated rings. The van der Waals surface area contributed by atoms with Crippen LogP contribution in [0.4, 0.5) is 13.2 Å². The lowest BCUT2D eigenvalue weighted by Gasteiger charge is -2.28. The van der Waals surface area contributed by atoms with Crippen LogP contribution in [0.5, 0.6) is 11.5 Å². The lowest BCUT2D eigenvalue weighted by Crippen LogP contribution is -2.20. The fraction of sp³-hybridized carbons (Fsp3) is 0.667. The van der Waals surface area contributed by atoms with Crippen LogP contribution in [-0.2, 0) is 0 Å². The van der Waals surface area contributed by atoms with Crippen LogP contribution in [-0.4, -0.2) is 13.0 Å². The maximum absolute atomic E-state index is 12.1. The Morgan fingerprint density at radius 1 is 0.957 bits per heavy atom. The zero-order chi connectivity index (χ0) is 16.7. The van der Waals surface area contributed by atoms with Gasteiger partial charge in [0.1, 0.15) is 11.5 Å². The van der Waals surface area contributed by atoms with E-state index < -0.39 is 6.36 Å². The molecule has 1 aromatic carbocycles. The van der Waals surface area contributed by atoms with Crippen molar-refractivity contribution in [2.75, 3.05) is 6.61 Å². The van der Waals surface area contributed by atoms with Crippen molar-refractivity contribution in [2.45, 2.75) is 58.2 Å². The molecule has 0 N–H and O–H groups in total. The summed E-state index contributed by atoms with van der Waals surface area (Å²) in [6, 6.07) is 5.61. The molecule has 0 radical (unpaired) electrons. The number of hydrogen-bond acceptors (Lipinski definition) is 2. The van der Waals surface area contributed by atoms with E-state index in [0.717, 1.165) is 5.92 Å². The second-order valence-corrected chi connectivity index (χ2v) is 6.36. The van der Waals surface area contributed by atoms with Crippen LogP contribution in [0.2, 0.25) is 0 Å². The van der Waals surface area contributed by atoms with Gasteiger partial charge in [-0.25, -0.2) is 0 Å². The zero-order valence-corrected chi connectivity index (χ0v) is 13.6. The maximum Gasteiger partial charge on any atom is 0.573 e. The first-order valence-electron chi connectivity index (χ1n) is 8.45. The number of benzene rings is 1. The van der Waals surface area contributed by atoms with E-state index in [1.54, 1.807) is 0 Å². The third-order valence-corrected chi connectivity index (χ3v) is 4.48. The molecule has 0 saturated heterocycles. The predicted octanol–water partition coefficient (Wildman–Crippen LogP) is 5.96. The predicted molar refractivity (Wildman–Crippen MR) is 83.6 cm³/mol. The largest absolute Gasteiger partial charge is 0.573 e. The van der Waals surface area contributed by atoms with E-state index in [2.05, 4.69) is 11.7 Å². The van der Waals surface area contributed by atoms with Crippen LogP contribution in [0, 0.1) is 11.8 Å². The molecule has 130 valence electrons. The third kappa shape index (κ3) is 6.71. The van der Waals surface area contributed by atoms with Crippen molar-refractivity contribution in [2.24, 2.45) is 11.8 Å². The molecule has 0 aromatic heterocycles. The number of rotatable bonds is 7. The minimum atomic E-state index is -4.65. The van der Waals surface area contributed by atoms with Gasteiger partial charge < -0.3 is 9.47 Å². The summed E-state index contributed by atoms with van der Waals surface area (Å²) < 4.78 is 45.8. The first-order chi connectivity index (χ1) is 11.0. The summed E-state index contributed by atoms with van der Waals surface area (Å²) in [7, 11) is 0. The second-order valence-electron chi connectivity index (χ2n) is 6.36. The molecule has 2 nitrogen and oxygen atoms in total. The monoisotopic (exact) mass is 330 g/mol. The van der Waals surface area contributed by atoms with Crippen LogP contribution in [0.1, 0.15) is 51.9 Å². The van der Waals surface area contributed by atoms with Gasteiger partial charge >= 0.3 is 6.36 Å². The summed E-state index contributed by atoms with van der Waals surface area (Å²) in [5.74, 6) is 1.79. The molecule has 0 atom stereocenters. The van der Waals surface area contributed by atoms with E-state index in [4.69, 9.17) is 4.74 Å². The van der Waals surface area contributed by atoms with Crippen molar-refractivity contribution in [1.82, 2.24) is 0 Å². The van der Waals surface area contributed by atoms with Crippen molar-refractivity contribution in [3.05, 3.63) is 24.3 Å². The lowest BCUT2D eigenvalue weighted by atomic mass is 9.80. The van der Waals surface area contributed by atoms with Gasteiger partial charge in [-0.3, -0.25) is 0 Å². The topological polar surface area (TPSA) is 18.5 Å². The van der Waals surface area contributed by atoms with Gasteiger partial charge in [0.15, 0.2) is 0 Å². The first kappa shape index (κ1) is 18.0. The van der Waals surface area contributed by atoms with Gasteiger partial charge in [-0.15, -0.1) is 13.2 Å². The molecular weight excluding hydrogens is 305 g/mol. The van der Waals surface area contributed by atoms with Crippen molar-refractivity contribution in [3.63, 3.8) is 0 Å². The summed E-state index contributed by atoms with van der Waals surface area (Å²) >= 11 is 0. The molecule has 23 heavy (non-hydrogen) atoms. The Balaban J connectivity index is 1.70. The highest BCUT2D eigenvalue weighted by Gasteiger charge is 2.31. The quantitative estimate of drug-likeness (QED) is 0.614. The third-order valence-electron chi connectivity index (χ3n) is 4.48. The highest BCUT2D eigenvalue weighted by atomic mass is 19.4. The lowest BCUT2D eigenvalue weighted by molar-refractivity contribution is -0.274. The average Bonchev–Trinajstić information content (AvgIpc) is 2.52. The van der Waals surface area contributed by atoms with E-state index >= 15 is 0 Å². The molecule has 5 heteroatoms. The normalized spacial score (nSPS) is 21.9. The standard InChI is InChI=1S/C18H25F3O2/c1-2-3-4-14-5-7-15(8-6-14)13-22-16-9-11-17(12-10-16)23-18(19,20)21/h9-12,14-15H,2-8,13H2,1H3. The number of ether oxygens (including phenoxy) is 2. The summed E-state index contributed by atoms with van der Waals surface area (Å²) in [5, 5.41) is 0. The van der Waals surface area contributed by atoms with Crippen molar-refractivity contribution in [3.8, 4) is 11.5 Å². The molecular formula is C18H25F3O2. The number of halogens is 3. The van der Waals surface area contributed by atoms with Gasteiger partial charge in [-0.1, -0.05) is 39.0 Å². The molecule has 0 unspecified atom stereocenters. The smallest absolute Gasteiger partial charge is 0.493 e. The number of unbranched alkanes of at least 4 members (excludes halogenated alkanes) is 1. The fourth-order valence-electron chi connectivity index (χ4n) is 3.13. The van der Waals surface area contributed by atoms with Crippen LogP contribution in [0.15, 0.2) is 24.3 Å².